The SMILES string of the molecule is O=C(Cn1cnc2ccccc2c1=O)Nc1ccccc1Cc1nc(-c2cccs2)no1. The molecule has 32 heavy (non-hydrogen) atoms. The number of nitrogens with one attached hydrogen (secondary N) is 1. The van der Waals surface area contributed by atoms with Crippen LogP contribution in [0.2, 0.25) is 0 Å². The van der Waals surface area contributed by atoms with Crippen LogP contribution in [0.4, 0.5) is 5.69 Å². The highest BCUT2D eigenvalue weighted by atomic mass is 32.1. The molecule has 0 radical (unpaired) electrons. The van der Waals surface area contributed by atoms with Crippen LogP contribution in [0, 0.1) is 0 Å². The lowest BCUT2D eigenvalue weighted by atomic mass is 10.1. The number of anilines is 1. The van der Waals surface area contributed by atoms with Crippen molar-refractivity contribution in [1.29, 1.82) is 0 Å². The van der Waals surface area contributed by atoms with E-state index < -0.39 is 0 Å². The van der Waals surface area contributed by atoms with Gasteiger partial charge in [0, 0.05) is 5.69 Å². The van der Waals surface area contributed by atoms with E-state index in [0.29, 0.717) is 34.7 Å². The third-order valence-corrected chi connectivity index (χ3v) is 5.75. The lowest BCUT2D eigenvalue weighted by Gasteiger charge is -2.11. The number of rotatable bonds is 6. The van der Waals surface area contributed by atoms with Gasteiger partial charge in [-0.25, -0.2) is 4.98 Å². The van der Waals surface area contributed by atoms with E-state index in [2.05, 4.69) is 20.4 Å². The van der Waals surface area contributed by atoms with Crippen molar-refractivity contribution in [2.75, 3.05) is 5.32 Å². The Morgan fingerprint density at radius 3 is 2.78 bits per heavy atom. The van der Waals surface area contributed by atoms with E-state index in [1.807, 2.05) is 41.8 Å². The fourth-order valence-corrected chi connectivity index (χ4v) is 4.00. The van der Waals surface area contributed by atoms with Gasteiger partial charge in [-0.15, -0.1) is 11.3 Å². The Morgan fingerprint density at radius 1 is 1.06 bits per heavy atom. The Balaban J connectivity index is 1.33. The maximum absolute atomic E-state index is 12.7. The van der Waals surface area contributed by atoms with Crippen LogP contribution < -0.4 is 10.9 Å². The Bertz CT molecular complexity index is 1460. The minimum atomic E-state index is -0.332. The number of thiophene rings is 1. The number of hydrogen-bond acceptors (Lipinski definition) is 7. The average molecular weight is 443 g/mol. The van der Waals surface area contributed by atoms with E-state index in [9.17, 15) is 9.59 Å². The van der Waals surface area contributed by atoms with Gasteiger partial charge in [-0.05, 0) is 35.2 Å². The summed E-state index contributed by atoms with van der Waals surface area (Å²) in [5.74, 6) is 0.658. The van der Waals surface area contributed by atoms with Crippen LogP contribution in [0.15, 0.2) is 81.7 Å². The van der Waals surface area contributed by atoms with E-state index in [-0.39, 0.29) is 18.0 Å². The van der Waals surface area contributed by atoms with Crippen molar-refractivity contribution in [3.05, 3.63) is 94.2 Å². The van der Waals surface area contributed by atoms with E-state index in [0.717, 1.165) is 10.4 Å². The summed E-state index contributed by atoms with van der Waals surface area (Å²) in [7, 11) is 0. The minimum absolute atomic E-state index is 0.145. The first kappa shape index (κ1) is 19.8. The Morgan fingerprint density at radius 2 is 1.91 bits per heavy atom. The second-order valence-electron chi connectivity index (χ2n) is 7.07. The first-order valence-electron chi connectivity index (χ1n) is 9.86. The topological polar surface area (TPSA) is 103 Å². The van der Waals surface area contributed by atoms with E-state index in [1.54, 1.807) is 24.3 Å². The molecule has 0 spiro atoms. The molecule has 0 atom stereocenters. The molecular weight excluding hydrogens is 426 g/mol. The number of benzene rings is 2. The number of fused-ring (bicyclic) bond motifs is 1. The van der Waals surface area contributed by atoms with Crippen LogP contribution in [0.1, 0.15) is 11.5 Å². The largest absolute Gasteiger partial charge is 0.339 e. The molecule has 1 N–H and O–H groups in total. The predicted octanol–water partition coefficient (Wildman–Crippen LogP) is 3.74. The maximum Gasteiger partial charge on any atom is 0.261 e. The van der Waals surface area contributed by atoms with Gasteiger partial charge in [0.2, 0.25) is 17.6 Å². The highest BCUT2D eigenvalue weighted by Gasteiger charge is 2.14. The molecule has 0 aliphatic heterocycles. The highest BCUT2D eigenvalue weighted by molar-refractivity contribution is 7.13. The predicted molar refractivity (Wildman–Crippen MR) is 121 cm³/mol. The molecule has 5 aromatic rings. The molecule has 1 amide bonds. The smallest absolute Gasteiger partial charge is 0.261 e. The third-order valence-electron chi connectivity index (χ3n) is 4.89. The molecule has 0 aliphatic carbocycles. The van der Waals surface area contributed by atoms with Crippen molar-refractivity contribution in [3.8, 4) is 10.7 Å². The molecule has 9 heteroatoms. The van der Waals surface area contributed by atoms with E-state index >= 15 is 0 Å². The maximum atomic E-state index is 12.7. The van der Waals surface area contributed by atoms with Crippen molar-refractivity contribution in [3.63, 3.8) is 0 Å². The molecular formula is C23H17N5O3S. The van der Waals surface area contributed by atoms with Gasteiger partial charge in [0.15, 0.2) is 0 Å². The second kappa shape index (κ2) is 8.56. The Kier molecular flexibility index (Phi) is 5.30. The van der Waals surface area contributed by atoms with Gasteiger partial charge in [0.1, 0.15) is 6.54 Å². The van der Waals surface area contributed by atoms with Crippen molar-refractivity contribution < 1.29 is 9.32 Å². The number of amides is 1. The van der Waals surface area contributed by atoms with Crippen molar-refractivity contribution in [1.82, 2.24) is 19.7 Å². The number of para-hydroxylation sites is 2. The van der Waals surface area contributed by atoms with Crippen LogP contribution >= 0.6 is 11.3 Å². The molecule has 8 nitrogen and oxygen atoms in total. The summed E-state index contributed by atoms with van der Waals surface area (Å²) < 4.78 is 6.68. The van der Waals surface area contributed by atoms with Gasteiger partial charge in [-0.2, -0.15) is 4.98 Å². The van der Waals surface area contributed by atoms with Crippen LogP contribution in [-0.2, 0) is 17.8 Å². The van der Waals surface area contributed by atoms with E-state index in [1.165, 1.54) is 22.2 Å². The van der Waals surface area contributed by atoms with Gasteiger partial charge in [0.25, 0.3) is 5.56 Å². The summed E-state index contributed by atoms with van der Waals surface area (Å²) in [6.45, 7) is -0.145. The van der Waals surface area contributed by atoms with Crippen molar-refractivity contribution in [2.45, 2.75) is 13.0 Å². The van der Waals surface area contributed by atoms with Crippen LogP contribution in [0.5, 0.6) is 0 Å². The average Bonchev–Trinajstić information content (AvgIpc) is 3.49. The second-order valence-corrected chi connectivity index (χ2v) is 8.01. The molecule has 0 saturated carbocycles. The molecule has 0 aliphatic rings. The minimum Gasteiger partial charge on any atom is -0.339 e. The molecule has 3 heterocycles. The summed E-state index contributed by atoms with van der Waals surface area (Å²) >= 11 is 1.53. The van der Waals surface area contributed by atoms with Crippen LogP contribution in [0.3, 0.4) is 0 Å². The molecule has 0 unspecified atom stereocenters. The molecule has 158 valence electrons. The molecule has 2 aromatic carbocycles. The number of carbonyl (C=O) groups excluding carboxylic acids is 1. The number of hydrogen-bond donors (Lipinski definition) is 1. The fraction of sp³-hybridized carbons (Fsp3) is 0.0870. The van der Waals surface area contributed by atoms with Gasteiger partial charge in [-0.1, -0.05) is 41.6 Å². The summed E-state index contributed by atoms with van der Waals surface area (Å²) in [5.41, 5.74) is 1.79. The molecule has 5 rings (SSSR count). The normalized spacial score (nSPS) is 11.0. The molecule has 0 bridgehead atoms. The Hall–Kier alpha value is -4.11. The van der Waals surface area contributed by atoms with Crippen molar-refractivity contribution >= 4 is 33.8 Å². The summed E-state index contributed by atoms with van der Waals surface area (Å²) in [6, 6.07) is 18.3. The van der Waals surface area contributed by atoms with Gasteiger partial charge >= 0.3 is 0 Å². The van der Waals surface area contributed by atoms with Crippen LogP contribution in [-0.4, -0.2) is 25.6 Å². The summed E-state index contributed by atoms with van der Waals surface area (Å²) in [5, 5.41) is 9.33. The highest BCUT2D eigenvalue weighted by Crippen LogP contribution is 2.23. The summed E-state index contributed by atoms with van der Waals surface area (Å²) in [6.07, 6.45) is 1.76. The number of nitrogens with zero attached hydrogens (tertiary/aromatic N) is 4. The lowest BCUT2D eigenvalue weighted by molar-refractivity contribution is -0.116. The van der Waals surface area contributed by atoms with Gasteiger partial charge < -0.3 is 9.84 Å². The van der Waals surface area contributed by atoms with Gasteiger partial charge in [0.05, 0.1) is 28.5 Å². The number of aromatic nitrogens is 4. The molecule has 0 fully saturated rings. The van der Waals surface area contributed by atoms with Gasteiger partial charge in [-0.3, -0.25) is 14.2 Å². The third kappa shape index (κ3) is 4.06. The zero-order chi connectivity index (χ0) is 21.9. The first-order chi connectivity index (χ1) is 15.7. The zero-order valence-corrected chi connectivity index (χ0v) is 17.6. The first-order valence-corrected chi connectivity index (χ1v) is 10.7. The standard InChI is InChI=1S/C23H17N5O3S/c29-20(13-28-14-24-18-9-4-2-7-16(18)23(28)30)25-17-8-3-1-6-15(17)12-21-26-22(27-31-21)19-10-5-11-32-19/h1-11,14H,12-13H2,(H,25,29). The molecule has 3 aromatic heterocycles. The quantitative estimate of drug-likeness (QED) is 0.429. The van der Waals surface area contributed by atoms with Crippen molar-refractivity contribution in [2.24, 2.45) is 0 Å². The monoisotopic (exact) mass is 443 g/mol. The zero-order valence-electron chi connectivity index (χ0n) is 16.8. The molecule has 0 saturated heterocycles. The summed E-state index contributed by atoms with van der Waals surface area (Å²) in [4.78, 5) is 35.0. The fourth-order valence-electron chi connectivity index (χ4n) is 3.36. The van der Waals surface area contributed by atoms with Crippen LogP contribution in [0.25, 0.3) is 21.6 Å². The number of carbonyl (C=O) groups is 1. The lowest BCUT2D eigenvalue weighted by Crippen LogP contribution is -2.28. The van der Waals surface area contributed by atoms with E-state index in [4.69, 9.17) is 4.52 Å². The Labute approximate surface area is 186 Å².